The third kappa shape index (κ3) is 4.26. The Morgan fingerprint density at radius 3 is 2.44 bits per heavy atom. The summed E-state index contributed by atoms with van der Waals surface area (Å²) in [7, 11) is 1.98. The van der Waals surface area contributed by atoms with E-state index in [4.69, 9.17) is 0 Å². The minimum absolute atomic E-state index is 0.302. The largest absolute Gasteiger partial charge is 0.387 e. The molecule has 1 aromatic carbocycles. The Hall–Kier alpha value is -1.76. The molecule has 0 spiro atoms. The number of β-amino-alcohol motifs (C(OH)–C–C–N with tert-alkyl or cyclic N) is 1. The zero-order valence-corrected chi connectivity index (χ0v) is 15.2. The lowest BCUT2D eigenvalue weighted by molar-refractivity contribution is 0.0698. The molecule has 1 aliphatic rings. The lowest BCUT2D eigenvalue weighted by Gasteiger charge is -2.35. The highest BCUT2D eigenvalue weighted by atomic mass is 19.1. The molecule has 25 heavy (non-hydrogen) atoms. The molecule has 1 saturated heterocycles. The van der Waals surface area contributed by atoms with E-state index in [2.05, 4.69) is 28.7 Å². The first-order valence-electron chi connectivity index (χ1n) is 8.81. The van der Waals surface area contributed by atoms with Gasteiger partial charge < -0.3 is 5.11 Å². The van der Waals surface area contributed by atoms with Crippen LogP contribution in [0, 0.1) is 19.7 Å². The third-order valence-electron chi connectivity index (χ3n) is 5.17. The van der Waals surface area contributed by atoms with Crippen LogP contribution in [0.3, 0.4) is 0 Å². The summed E-state index contributed by atoms with van der Waals surface area (Å²) in [5.74, 6) is -0.302. The van der Waals surface area contributed by atoms with E-state index in [9.17, 15) is 9.50 Å². The number of benzene rings is 1. The number of aliphatic hydroxyl groups is 1. The fourth-order valence-electron chi connectivity index (χ4n) is 3.46. The van der Waals surface area contributed by atoms with Gasteiger partial charge in [-0.3, -0.25) is 14.5 Å². The molecule has 0 radical (unpaired) electrons. The minimum atomic E-state index is -0.648. The monoisotopic (exact) mass is 346 g/mol. The van der Waals surface area contributed by atoms with Gasteiger partial charge in [0.25, 0.3) is 0 Å². The molecule has 136 valence electrons. The van der Waals surface area contributed by atoms with Crippen molar-refractivity contribution in [2.24, 2.45) is 7.05 Å². The van der Waals surface area contributed by atoms with Crippen LogP contribution in [0.5, 0.6) is 0 Å². The normalized spacial score (nSPS) is 17.8. The van der Waals surface area contributed by atoms with Crippen molar-refractivity contribution >= 4 is 0 Å². The Kier molecular flexibility index (Phi) is 5.51. The number of aromatic nitrogens is 2. The highest BCUT2D eigenvalue weighted by Crippen LogP contribution is 2.19. The van der Waals surface area contributed by atoms with E-state index in [1.165, 1.54) is 23.4 Å². The minimum Gasteiger partial charge on any atom is -0.387 e. The molecule has 5 nitrogen and oxygen atoms in total. The van der Waals surface area contributed by atoms with Gasteiger partial charge in [-0.1, -0.05) is 12.1 Å². The quantitative estimate of drug-likeness (QED) is 0.900. The van der Waals surface area contributed by atoms with E-state index in [1.807, 2.05) is 11.7 Å². The maximum atomic E-state index is 13.3. The van der Waals surface area contributed by atoms with Crippen LogP contribution in [-0.2, 0) is 13.6 Å². The average molecular weight is 346 g/mol. The van der Waals surface area contributed by atoms with Gasteiger partial charge in [0, 0.05) is 57.6 Å². The van der Waals surface area contributed by atoms with Crippen molar-refractivity contribution in [3.05, 3.63) is 52.6 Å². The first-order valence-corrected chi connectivity index (χ1v) is 8.81. The van der Waals surface area contributed by atoms with E-state index >= 15 is 0 Å². The predicted molar refractivity (Wildman–Crippen MR) is 95.8 cm³/mol. The molecular formula is C19H27FN4O. The van der Waals surface area contributed by atoms with Crippen molar-refractivity contribution in [2.75, 3.05) is 32.7 Å². The fraction of sp³-hybridized carbons (Fsp3) is 0.526. The smallest absolute Gasteiger partial charge is 0.123 e. The van der Waals surface area contributed by atoms with Gasteiger partial charge in [-0.2, -0.15) is 5.10 Å². The van der Waals surface area contributed by atoms with Crippen molar-refractivity contribution < 1.29 is 9.50 Å². The number of piperazine rings is 1. The van der Waals surface area contributed by atoms with Crippen molar-refractivity contribution in [2.45, 2.75) is 26.5 Å². The molecular weight excluding hydrogens is 319 g/mol. The van der Waals surface area contributed by atoms with Crippen LogP contribution in [0.4, 0.5) is 4.39 Å². The predicted octanol–water partition coefficient (Wildman–Crippen LogP) is 2.03. The Bertz CT molecular complexity index is 722. The van der Waals surface area contributed by atoms with Crippen LogP contribution < -0.4 is 0 Å². The number of halogens is 1. The lowest BCUT2D eigenvalue weighted by atomic mass is 10.1. The Labute approximate surface area is 148 Å². The van der Waals surface area contributed by atoms with E-state index in [0.717, 1.165) is 38.4 Å². The van der Waals surface area contributed by atoms with Crippen LogP contribution >= 0.6 is 0 Å². The van der Waals surface area contributed by atoms with Gasteiger partial charge >= 0.3 is 0 Å². The highest BCUT2D eigenvalue weighted by molar-refractivity contribution is 5.24. The van der Waals surface area contributed by atoms with Gasteiger partial charge in [0.1, 0.15) is 5.82 Å². The number of aliphatic hydroxyl groups excluding tert-OH is 1. The summed E-state index contributed by atoms with van der Waals surface area (Å²) >= 11 is 0. The highest BCUT2D eigenvalue weighted by Gasteiger charge is 2.22. The van der Waals surface area contributed by atoms with E-state index in [-0.39, 0.29) is 5.82 Å². The van der Waals surface area contributed by atoms with Crippen molar-refractivity contribution in [1.82, 2.24) is 19.6 Å². The Balaban J connectivity index is 1.52. The number of nitrogens with zero attached hydrogens (tertiary/aromatic N) is 4. The van der Waals surface area contributed by atoms with Gasteiger partial charge in [-0.15, -0.1) is 0 Å². The van der Waals surface area contributed by atoms with E-state index in [1.54, 1.807) is 12.1 Å². The van der Waals surface area contributed by atoms with Gasteiger partial charge in [0.2, 0.25) is 0 Å². The lowest BCUT2D eigenvalue weighted by Crippen LogP contribution is -2.47. The zero-order valence-electron chi connectivity index (χ0n) is 15.2. The number of rotatable bonds is 5. The van der Waals surface area contributed by atoms with E-state index < -0.39 is 6.10 Å². The second-order valence-electron chi connectivity index (χ2n) is 6.92. The van der Waals surface area contributed by atoms with Crippen LogP contribution in [0.1, 0.15) is 28.6 Å². The molecule has 0 aliphatic carbocycles. The molecule has 2 aromatic rings. The molecule has 1 unspecified atom stereocenters. The van der Waals surface area contributed by atoms with Crippen LogP contribution in [-0.4, -0.2) is 57.4 Å². The summed E-state index contributed by atoms with van der Waals surface area (Å²) in [5, 5.41) is 14.8. The Morgan fingerprint density at radius 2 is 1.84 bits per heavy atom. The molecule has 0 amide bonds. The molecule has 1 fully saturated rings. The summed E-state index contributed by atoms with van der Waals surface area (Å²) in [6, 6.07) is 6.23. The maximum Gasteiger partial charge on any atom is 0.123 e. The van der Waals surface area contributed by atoms with Crippen molar-refractivity contribution in [3.8, 4) is 0 Å². The summed E-state index contributed by atoms with van der Waals surface area (Å²) in [6.45, 7) is 9.38. The SMILES string of the molecule is Cc1nn(C)c(C)c1CN1CCN(CC(O)c2cccc(F)c2)CC1. The van der Waals surface area contributed by atoms with E-state index in [0.29, 0.717) is 12.1 Å². The standard InChI is InChI=1S/C19H27FN4O/c1-14-18(15(2)22(3)21-14)12-23-7-9-24(10-8-23)13-19(25)16-5-4-6-17(20)11-16/h4-6,11,19,25H,7-10,12-13H2,1-3H3. The second-order valence-corrected chi connectivity index (χ2v) is 6.92. The first-order chi connectivity index (χ1) is 11.9. The topological polar surface area (TPSA) is 44.5 Å². The second kappa shape index (κ2) is 7.64. The van der Waals surface area contributed by atoms with Gasteiger partial charge in [-0.25, -0.2) is 4.39 Å². The summed E-state index contributed by atoms with van der Waals surface area (Å²) in [4.78, 5) is 4.68. The maximum absolute atomic E-state index is 13.3. The fourth-order valence-corrected chi connectivity index (χ4v) is 3.46. The summed E-state index contributed by atoms with van der Waals surface area (Å²) in [5.41, 5.74) is 4.28. The third-order valence-corrected chi connectivity index (χ3v) is 5.17. The summed E-state index contributed by atoms with van der Waals surface area (Å²) in [6.07, 6.45) is -0.648. The first kappa shape index (κ1) is 18.0. The molecule has 2 heterocycles. The molecule has 6 heteroatoms. The van der Waals surface area contributed by atoms with Crippen LogP contribution in [0.15, 0.2) is 24.3 Å². The molecule has 1 atom stereocenters. The molecule has 1 aromatic heterocycles. The van der Waals surface area contributed by atoms with Gasteiger partial charge in [0.15, 0.2) is 0 Å². The van der Waals surface area contributed by atoms with Crippen LogP contribution in [0.25, 0.3) is 0 Å². The number of aryl methyl sites for hydroxylation is 2. The number of hydrogen-bond acceptors (Lipinski definition) is 4. The Morgan fingerprint density at radius 1 is 1.16 bits per heavy atom. The molecule has 1 N–H and O–H groups in total. The molecule has 0 bridgehead atoms. The van der Waals surface area contributed by atoms with Crippen molar-refractivity contribution in [3.63, 3.8) is 0 Å². The van der Waals surface area contributed by atoms with Crippen LogP contribution in [0.2, 0.25) is 0 Å². The molecule has 3 rings (SSSR count). The molecule has 1 aliphatic heterocycles. The zero-order chi connectivity index (χ0) is 18.0. The molecule has 0 saturated carbocycles. The number of hydrogen-bond donors (Lipinski definition) is 1. The van der Waals surface area contributed by atoms with Gasteiger partial charge in [-0.05, 0) is 31.5 Å². The van der Waals surface area contributed by atoms with Crippen molar-refractivity contribution in [1.29, 1.82) is 0 Å². The van der Waals surface area contributed by atoms with Gasteiger partial charge in [0.05, 0.1) is 11.8 Å². The summed E-state index contributed by atoms with van der Waals surface area (Å²) < 4.78 is 15.2. The average Bonchev–Trinajstić information content (AvgIpc) is 2.83.